The second-order valence-corrected chi connectivity index (χ2v) is 3.70. The first kappa shape index (κ1) is 10.6. The number of H-pyrrole nitrogens is 1. The van der Waals surface area contributed by atoms with Gasteiger partial charge in [-0.25, -0.2) is 18.4 Å². The minimum Gasteiger partial charge on any atom is -0.266 e. The van der Waals surface area contributed by atoms with Crippen molar-refractivity contribution in [2.75, 3.05) is 0 Å². The molecule has 5 nitrogen and oxygen atoms in total. The van der Waals surface area contributed by atoms with E-state index in [1.54, 1.807) is 0 Å². The predicted molar refractivity (Wildman–Crippen MR) is 59.0 cm³/mol. The number of rotatable bonds is 1. The highest BCUT2D eigenvalue weighted by Gasteiger charge is 2.09. The van der Waals surface area contributed by atoms with Crippen LogP contribution < -0.4 is 5.56 Å². The molecule has 0 saturated carbocycles. The molecule has 0 amide bonds. The standard InChI is InChI=1S/C11H6F2N4O/c12-7-1-6(2-8(13)3-7)9-4-10-11(18)15-14-5-17(10)16-9/h1-5H,(H,15,18). The first-order chi connectivity index (χ1) is 8.63. The number of hydrogen-bond donors (Lipinski definition) is 1. The summed E-state index contributed by atoms with van der Waals surface area (Å²) in [5.74, 6) is -1.40. The summed E-state index contributed by atoms with van der Waals surface area (Å²) in [4.78, 5) is 11.4. The van der Waals surface area contributed by atoms with Gasteiger partial charge in [-0.1, -0.05) is 0 Å². The first-order valence-corrected chi connectivity index (χ1v) is 5.03. The predicted octanol–water partition coefficient (Wildman–Crippen LogP) is 1.36. The molecule has 0 aliphatic carbocycles. The number of nitrogens with one attached hydrogen (secondary N) is 1. The molecular formula is C11H6F2N4O. The molecule has 90 valence electrons. The molecule has 0 radical (unpaired) electrons. The number of aromatic amines is 1. The van der Waals surface area contributed by atoms with Crippen LogP contribution in [-0.2, 0) is 0 Å². The molecule has 0 bridgehead atoms. The number of nitrogens with zero attached hydrogens (tertiary/aromatic N) is 3. The summed E-state index contributed by atoms with van der Waals surface area (Å²) >= 11 is 0. The van der Waals surface area contributed by atoms with Gasteiger partial charge in [0.05, 0.1) is 5.69 Å². The molecule has 3 rings (SSSR count). The van der Waals surface area contributed by atoms with Crippen LogP contribution in [0.3, 0.4) is 0 Å². The molecule has 1 aromatic carbocycles. The van der Waals surface area contributed by atoms with E-state index in [-0.39, 0.29) is 11.1 Å². The molecule has 0 fully saturated rings. The summed E-state index contributed by atoms with van der Waals surface area (Å²) in [7, 11) is 0. The highest BCUT2D eigenvalue weighted by molar-refractivity contribution is 5.65. The number of hydrogen-bond acceptors (Lipinski definition) is 3. The fourth-order valence-corrected chi connectivity index (χ4v) is 1.69. The summed E-state index contributed by atoms with van der Waals surface area (Å²) in [6.07, 6.45) is 1.30. The van der Waals surface area contributed by atoms with Crippen LogP contribution in [0.1, 0.15) is 0 Å². The Hall–Kier alpha value is -2.57. The molecule has 2 heterocycles. The van der Waals surface area contributed by atoms with E-state index < -0.39 is 17.2 Å². The van der Waals surface area contributed by atoms with E-state index >= 15 is 0 Å². The molecule has 0 atom stereocenters. The van der Waals surface area contributed by atoms with Crippen LogP contribution in [-0.4, -0.2) is 19.8 Å². The summed E-state index contributed by atoms with van der Waals surface area (Å²) in [5.41, 5.74) is 0.389. The lowest BCUT2D eigenvalue weighted by Crippen LogP contribution is -2.10. The summed E-state index contributed by atoms with van der Waals surface area (Å²) in [6, 6.07) is 4.50. The Morgan fingerprint density at radius 2 is 1.83 bits per heavy atom. The van der Waals surface area contributed by atoms with Gasteiger partial charge in [-0.05, 0) is 18.2 Å². The van der Waals surface area contributed by atoms with Crippen molar-refractivity contribution in [3.8, 4) is 11.3 Å². The SMILES string of the molecule is O=c1[nH]ncn2nc(-c3cc(F)cc(F)c3)cc12. The van der Waals surface area contributed by atoms with Crippen LogP contribution in [0.5, 0.6) is 0 Å². The van der Waals surface area contributed by atoms with Gasteiger partial charge in [-0.2, -0.15) is 10.2 Å². The van der Waals surface area contributed by atoms with Crippen molar-refractivity contribution in [3.63, 3.8) is 0 Å². The third-order valence-corrected chi connectivity index (χ3v) is 2.46. The van der Waals surface area contributed by atoms with Crippen LogP contribution in [0.25, 0.3) is 16.8 Å². The molecule has 0 saturated heterocycles. The maximum Gasteiger partial charge on any atom is 0.290 e. The van der Waals surface area contributed by atoms with Crippen LogP contribution in [0.15, 0.2) is 35.4 Å². The maximum absolute atomic E-state index is 13.1. The Morgan fingerprint density at radius 3 is 2.50 bits per heavy atom. The quantitative estimate of drug-likeness (QED) is 0.707. The van der Waals surface area contributed by atoms with Crippen LogP contribution in [0, 0.1) is 11.6 Å². The van der Waals surface area contributed by atoms with Crippen molar-refractivity contribution in [2.24, 2.45) is 0 Å². The van der Waals surface area contributed by atoms with Gasteiger partial charge >= 0.3 is 0 Å². The lowest BCUT2D eigenvalue weighted by molar-refractivity contribution is 0.584. The normalized spacial score (nSPS) is 11.0. The molecule has 0 aliphatic heterocycles. The van der Waals surface area contributed by atoms with E-state index in [1.807, 2.05) is 0 Å². The van der Waals surface area contributed by atoms with Crippen molar-refractivity contribution in [3.05, 3.63) is 52.6 Å². The van der Waals surface area contributed by atoms with Crippen molar-refractivity contribution in [1.29, 1.82) is 0 Å². The summed E-state index contributed by atoms with van der Waals surface area (Å²) < 4.78 is 27.4. The second-order valence-electron chi connectivity index (χ2n) is 3.70. The van der Waals surface area contributed by atoms with E-state index in [0.717, 1.165) is 18.2 Å². The fraction of sp³-hybridized carbons (Fsp3) is 0. The second kappa shape index (κ2) is 3.73. The van der Waals surface area contributed by atoms with Gasteiger partial charge in [0.2, 0.25) is 0 Å². The van der Waals surface area contributed by atoms with Gasteiger partial charge in [0, 0.05) is 11.6 Å². The molecule has 18 heavy (non-hydrogen) atoms. The average Bonchev–Trinajstić information content (AvgIpc) is 2.73. The van der Waals surface area contributed by atoms with E-state index in [0.29, 0.717) is 5.69 Å². The van der Waals surface area contributed by atoms with E-state index in [9.17, 15) is 13.6 Å². The first-order valence-electron chi connectivity index (χ1n) is 5.03. The highest BCUT2D eigenvalue weighted by atomic mass is 19.1. The van der Waals surface area contributed by atoms with E-state index in [1.165, 1.54) is 16.9 Å². The lowest BCUT2D eigenvalue weighted by Gasteiger charge is -1.96. The van der Waals surface area contributed by atoms with Crippen molar-refractivity contribution in [1.82, 2.24) is 19.8 Å². The Kier molecular flexibility index (Phi) is 2.19. The van der Waals surface area contributed by atoms with E-state index in [2.05, 4.69) is 15.3 Å². The Morgan fingerprint density at radius 1 is 1.11 bits per heavy atom. The topological polar surface area (TPSA) is 63.0 Å². The minimum atomic E-state index is -0.700. The minimum absolute atomic E-state index is 0.254. The van der Waals surface area contributed by atoms with Crippen molar-refractivity contribution < 1.29 is 8.78 Å². The van der Waals surface area contributed by atoms with Gasteiger partial charge < -0.3 is 0 Å². The zero-order valence-corrected chi connectivity index (χ0v) is 8.89. The molecule has 1 N–H and O–H groups in total. The fourth-order valence-electron chi connectivity index (χ4n) is 1.69. The lowest BCUT2D eigenvalue weighted by atomic mass is 10.1. The summed E-state index contributed by atoms with van der Waals surface area (Å²) in [5, 5.41) is 9.84. The molecule has 2 aromatic heterocycles. The van der Waals surface area contributed by atoms with Gasteiger partial charge in [0.25, 0.3) is 5.56 Å². The number of halogens is 2. The monoisotopic (exact) mass is 248 g/mol. The number of fused-ring (bicyclic) bond motifs is 1. The van der Waals surface area contributed by atoms with Gasteiger partial charge in [-0.15, -0.1) is 0 Å². The zero-order chi connectivity index (χ0) is 12.7. The third kappa shape index (κ3) is 1.65. The molecule has 3 aromatic rings. The number of benzene rings is 1. The maximum atomic E-state index is 13.1. The van der Waals surface area contributed by atoms with Gasteiger partial charge in [-0.3, -0.25) is 4.79 Å². The van der Waals surface area contributed by atoms with E-state index in [4.69, 9.17) is 0 Å². The molecule has 0 aliphatic rings. The number of aromatic nitrogens is 4. The van der Waals surface area contributed by atoms with Crippen LogP contribution in [0.2, 0.25) is 0 Å². The molecular weight excluding hydrogens is 242 g/mol. The zero-order valence-electron chi connectivity index (χ0n) is 8.89. The van der Waals surface area contributed by atoms with Crippen LogP contribution in [0.4, 0.5) is 8.78 Å². The summed E-state index contributed by atoms with van der Waals surface area (Å²) in [6.45, 7) is 0. The van der Waals surface area contributed by atoms with Crippen molar-refractivity contribution >= 4 is 5.52 Å². The third-order valence-electron chi connectivity index (χ3n) is 2.46. The molecule has 0 unspecified atom stereocenters. The largest absolute Gasteiger partial charge is 0.290 e. The van der Waals surface area contributed by atoms with Crippen molar-refractivity contribution in [2.45, 2.75) is 0 Å². The average molecular weight is 248 g/mol. The molecule has 7 heteroatoms. The van der Waals surface area contributed by atoms with Crippen LogP contribution >= 0.6 is 0 Å². The highest BCUT2D eigenvalue weighted by Crippen LogP contribution is 2.20. The smallest absolute Gasteiger partial charge is 0.266 e. The Bertz CT molecular complexity index is 773. The Labute approximate surface area is 98.7 Å². The molecule has 0 spiro atoms. The Balaban J connectivity index is 2.25. The van der Waals surface area contributed by atoms with Gasteiger partial charge in [0.1, 0.15) is 23.5 Å². The van der Waals surface area contributed by atoms with Gasteiger partial charge in [0.15, 0.2) is 0 Å².